The molecule has 0 unspecified atom stereocenters. The Balaban J connectivity index is 1.16. The van der Waals surface area contributed by atoms with Crippen molar-refractivity contribution in [1.82, 2.24) is 10.6 Å². The molecule has 0 bridgehead atoms. The third-order valence-corrected chi connectivity index (χ3v) is 7.13. The van der Waals surface area contributed by atoms with Gasteiger partial charge in [0.15, 0.2) is 0 Å². The van der Waals surface area contributed by atoms with Crippen molar-refractivity contribution in [3.63, 3.8) is 0 Å². The van der Waals surface area contributed by atoms with Gasteiger partial charge in [-0.2, -0.15) is 0 Å². The lowest BCUT2D eigenvalue weighted by Crippen LogP contribution is -2.53. The van der Waals surface area contributed by atoms with Crippen molar-refractivity contribution in [1.29, 1.82) is 0 Å². The van der Waals surface area contributed by atoms with E-state index in [-0.39, 0.29) is 35.7 Å². The molecule has 3 aliphatic rings. The van der Waals surface area contributed by atoms with E-state index < -0.39 is 0 Å². The van der Waals surface area contributed by atoms with Crippen LogP contribution in [0.3, 0.4) is 0 Å². The maximum atomic E-state index is 12.8. The van der Waals surface area contributed by atoms with Gasteiger partial charge in [0.05, 0.1) is 0 Å². The average molecular weight is 403 g/mol. The lowest BCUT2D eigenvalue weighted by atomic mass is 9.89. The Kier molecular flexibility index (Phi) is 5.32. The normalized spacial score (nSPS) is 32.1. The number of nitrogens with one attached hydrogen (secondary N) is 2. The number of benzene rings is 2. The lowest BCUT2D eigenvalue weighted by Gasteiger charge is -2.33. The molecule has 3 aliphatic carbocycles. The second-order valence-corrected chi connectivity index (χ2v) is 9.23. The topological polar surface area (TPSA) is 58.2 Å². The van der Waals surface area contributed by atoms with Crippen LogP contribution in [0.4, 0.5) is 0 Å². The average Bonchev–Trinajstić information content (AvgIpc) is 3.70. The van der Waals surface area contributed by atoms with Gasteiger partial charge in [-0.25, -0.2) is 0 Å². The summed E-state index contributed by atoms with van der Waals surface area (Å²) in [5, 5.41) is 6.57. The second-order valence-electron chi connectivity index (χ2n) is 9.23. The first-order valence-corrected chi connectivity index (χ1v) is 11.4. The first kappa shape index (κ1) is 19.3. The highest BCUT2D eigenvalue weighted by atomic mass is 16.2. The summed E-state index contributed by atoms with van der Waals surface area (Å²) < 4.78 is 0. The Labute approximate surface area is 178 Å². The molecule has 2 amide bonds. The Bertz CT molecular complexity index is 822. The van der Waals surface area contributed by atoms with Crippen molar-refractivity contribution in [2.75, 3.05) is 0 Å². The zero-order valence-corrected chi connectivity index (χ0v) is 17.3. The molecule has 30 heavy (non-hydrogen) atoms. The summed E-state index contributed by atoms with van der Waals surface area (Å²) in [6.07, 6.45) is 5.99. The Hall–Kier alpha value is -2.62. The minimum atomic E-state index is 0.0566. The minimum absolute atomic E-state index is 0.0566. The molecule has 3 fully saturated rings. The molecule has 2 N–H and O–H groups in total. The number of hydrogen-bond acceptors (Lipinski definition) is 2. The number of carbonyl (C=O) groups excluding carboxylic acids is 2. The highest BCUT2D eigenvalue weighted by Gasteiger charge is 2.46. The molecular formula is C26H30N2O2. The molecule has 0 aromatic heterocycles. The predicted octanol–water partition coefficient (Wildman–Crippen LogP) is 4.14. The highest BCUT2D eigenvalue weighted by Crippen LogP contribution is 2.48. The van der Waals surface area contributed by atoms with Gasteiger partial charge >= 0.3 is 0 Å². The first-order chi connectivity index (χ1) is 14.7. The van der Waals surface area contributed by atoms with E-state index in [0.717, 1.165) is 38.5 Å². The first-order valence-electron chi connectivity index (χ1n) is 11.4. The summed E-state index contributed by atoms with van der Waals surface area (Å²) in [7, 11) is 0. The maximum absolute atomic E-state index is 12.8. The molecule has 4 nitrogen and oxygen atoms in total. The SMILES string of the molecule is O=C(N[C@@H]1CCCC[C@@H]1NC(=O)[C@@H]1C[C@@H]1c1ccccc1)[C@H]1C[C@@H]1c1ccccc1. The standard InChI is InChI=1S/C26H30N2O2/c29-25(21-15-19(21)17-9-3-1-4-10-17)27-23-13-7-8-14-24(23)28-26(30)22-16-20(22)18-11-5-2-6-12-18/h1-6,9-12,19-24H,7-8,13-16H2,(H,27,29)(H,28,30)/t19-,20-,21-,22+,23+,24-/m1/s1. The van der Waals surface area contributed by atoms with Gasteiger partial charge in [0.25, 0.3) is 0 Å². The van der Waals surface area contributed by atoms with Crippen LogP contribution in [-0.4, -0.2) is 23.9 Å². The fourth-order valence-electron chi connectivity index (χ4n) is 5.16. The van der Waals surface area contributed by atoms with Crippen molar-refractivity contribution in [3.05, 3.63) is 71.8 Å². The summed E-state index contributed by atoms with van der Waals surface area (Å²) in [6.45, 7) is 0. The Morgan fingerprint density at radius 3 is 1.43 bits per heavy atom. The Morgan fingerprint density at radius 2 is 1.03 bits per heavy atom. The van der Waals surface area contributed by atoms with Crippen molar-refractivity contribution in [2.24, 2.45) is 11.8 Å². The van der Waals surface area contributed by atoms with Gasteiger partial charge in [-0.05, 0) is 48.6 Å². The van der Waals surface area contributed by atoms with Crippen LogP contribution < -0.4 is 10.6 Å². The molecule has 0 aliphatic heterocycles. The van der Waals surface area contributed by atoms with Gasteiger partial charge in [0.1, 0.15) is 0 Å². The number of hydrogen-bond donors (Lipinski definition) is 2. The molecular weight excluding hydrogens is 372 g/mol. The van der Waals surface area contributed by atoms with E-state index >= 15 is 0 Å². The molecule has 0 spiro atoms. The third-order valence-electron chi connectivity index (χ3n) is 7.13. The summed E-state index contributed by atoms with van der Waals surface area (Å²) in [5.74, 6) is 1.17. The summed E-state index contributed by atoms with van der Waals surface area (Å²) in [4.78, 5) is 25.7. The highest BCUT2D eigenvalue weighted by molar-refractivity contribution is 5.84. The molecule has 4 heteroatoms. The second kappa shape index (κ2) is 8.25. The van der Waals surface area contributed by atoms with E-state index in [4.69, 9.17) is 0 Å². The molecule has 6 atom stereocenters. The summed E-state index contributed by atoms with van der Waals surface area (Å²) in [6, 6.07) is 20.7. The number of rotatable bonds is 6. The van der Waals surface area contributed by atoms with Gasteiger partial charge < -0.3 is 10.6 Å². The molecule has 0 saturated heterocycles. The van der Waals surface area contributed by atoms with Crippen LogP contribution in [0.15, 0.2) is 60.7 Å². The van der Waals surface area contributed by atoms with Gasteiger partial charge in [0.2, 0.25) is 11.8 Å². The molecule has 3 saturated carbocycles. The van der Waals surface area contributed by atoms with Crippen LogP contribution >= 0.6 is 0 Å². The maximum Gasteiger partial charge on any atom is 0.224 e. The largest absolute Gasteiger partial charge is 0.351 e. The third kappa shape index (κ3) is 4.14. The number of amides is 2. The van der Waals surface area contributed by atoms with E-state index in [1.165, 1.54) is 11.1 Å². The van der Waals surface area contributed by atoms with Crippen molar-refractivity contribution >= 4 is 11.8 Å². The number of carbonyl (C=O) groups is 2. The molecule has 0 radical (unpaired) electrons. The van der Waals surface area contributed by atoms with Gasteiger partial charge in [-0.15, -0.1) is 0 Å². The molecule has 0 heterocycles. The van der Waals surface area contributed by atoms with E-state index in [1.54, 1.807) is 0 Å². The van der Waals surface area contributed by atoms with Crippen LogP contribution in [-0.2, 0) is 9.59 Å². The molecule has 5 rings (SSSR count). The van der Waals surface area contributed by atoms with Crippen LogP contribution in [0, 0.1) is 11.8 Å². The van der Waals surface area contributed by atoms with E-state index in [2.05, 4.69) is 34.9 Å². The summed E-state index contributed by atoms with van der Waals surface area (Å²) in [5.41, 5.74) is 2.51. The van der Waals surface area contributed by atoms with Gasteiger partial charge in [-0.3, -0.25) is 9.59 Å². The van der Waals surface area contributed by atoms with Crippen molar-refractivity contribution in [3.8, 4) is 0 Å². The fraction of sp³-hybridized carbons (Fsp3) is 0.462. The Morgan fingerprint density at radius 1 is 0.633 bits per heavy atom. The quantitative estimate of drug-likeness (QED) is 0.763. The van der Waals surface area contributed by atoms with E-state index in [9.17, 15) is 9.59 Å². The van der Waals surface area contributed by atoms with Crippen molar-refractivity contribution in [2.45, 2.75) is 62.4 Å². The molecule has 2 aromatic rings. The monoisotopic (exact) mass is 402 g/mol. The van der Waals surface area contributed by atoms with Crippen LogP contribution in [0.25, 0.3) is 0 Å². The molecule has 156 valence electrons. The van der Waals surface area contributed by atoms with E-state index in [1.807, 2.05) is 36.4 Å². The smallest absolute Gasteiger partial charge is 0.224 e. The summed E-state index contributed by atoms with van der Waals surface area (Å²) >= 11 is 0. The zero-order valence-electron chi connectivity index (χ0n) is 17.3. The fourth-order valence-corrected chi connectivity index (χ4v) is 5.16. The minimum Gasteiger partial charge on any atom is -0.351 e. The van der Waals surface area contributed by atoms with Crippen LogP contribution in [0.2, 0.25) is 0 Å². The predicted molar refractivity (Wildman–Crippen MR) is 117 cm³/mol. The van der Waals surface area contributed by atoms with E-state index in [0.29, 0.717) is 11.8 Å². The van der Waals surface area contributed by atoms with Crippen molar-refractivity contribution < 1.29 is 9.59 Å². The molecule has 2 aromatic carbocycles. The van der Waals surface area contributed by atoms with Crippen LogP contribution in [0.5, 0.6) is 0 Å². The van der Waals surface area contributed by atoms with Gasteiger partial charge in [-0.1, -0.05) is 73.5 Å². The zero-order chi connectivity index (χ0) is 20.5. The van der Waals surface area contributed by atoms with Gasteiger partial charge in [0, 0.05) is 23.9 Å². The van der Waals surface area contributed by atoms with Crippen LogP contribution in [0.1, 0.15) is 61.5 Å². The lowest BCUT2D eigenvalue weighted by molar-refractivity contribution is -0.126.